The van der Waals surface area contributed by atoms with Gasteiger partial charge in [0.1, 0.15) is 11.5 Å². The first kappa shape index (κ1) is 16.4. The Bertz CT molecular complexity index is 1070. The highest BCUT2D eigenvalue weighted by molar-refractivity contribution is 6.00. The van der Waals surface area contributed by atoms with Crippen LogP contribution in [0.1, 0.15) is 58.6 Å². The van der Waals surface area contributed by atoms with Crippen LogP contribution in [0.3, 0.4) is 0 Å². The molecular formula is C24H22O3. The Morgan fingerprint density at radius 1 is 1.00 bits per heavy atom. The maximum absolute atomic E-state index is 12.8. The van der Waals surface area contributed by atoms with Gasteiger partial charge in [-0.05, 0) is 55.7 Å². The summed E-state index contributed by atoms with van der Waals surface area (Å²) in [6.07, 6.45) is 2.18. The molecule has 2 aliphatic carbocycles. The predicted octanol–water partition coefficient (Wildman–Crippen LogP) is 5.68. The molecule has 0 saturated heterocycles. The van der Waals surface area contributed by atoms with Crippen molar-refractivity contribution in [3.05, 3.63) is 70.8 Å². The Morgan fingerprint density at radius 2 is 1.70 bits per heavy atom. The van der Waals surface area contributed by atoms with Gasteiger partial charge in [0.15, 0.2) is 0 Å². The number of hydrogen-bond acceptors (Lipinski definition) is 3. The fourth-order valence-electron chi connectivity index (χ4n) is 5.15. The summed E-state index contributed by atoms with van der Waals surface area (Å²) in [5, 5.41) is 12.6. The van der Waals surface area contributed by atoms with Crippen LogP contribution in [-0.2, 0) is 0 Å². The highest BCUT2D eigenvalue weighted by Crippen LogP contribution is 2.63. The molecule has 0 aromatic heterocycles. The monoisotopic (exact) mass is 358 g/mol. The Hall–Kier alpha value is -2.81. The van der Waals surface area contributed by atoms with Gasteiger partial charge in [-0.2, -0.15) is 0 Å². The lowest BCUT2D eigenvalue weighted by Crippen LogP contribution is -2.12. The molecule has 1 N–H and O–H groups in total. The van der Waals surface area contributed by atoms with E-state index >= 15 is 0 Å². The topological polar surface area (TPSA) is 46.5 Å². The standard InChI is InChI=1S/C24H22O3/c1-13-8-9-18-19(12-13)23(27-24(26)15-6-4-3-5-7-15)21-17-11-10-16(14(17)2)20(21)22(18)25/h3-9,12,14,16-17,25H,10-11H2,1-2H3. The second kappa shape index (κ2) is 5.85. The molecule has 3 aromatic carbocycles. The quantitative estimate of drug-likeness (QED) is 0.473. The van der Waals surface area contributed by atoms with E-state index in [0.717, 1.165) is 40.3 Å². The average molecular weight is 358 g/mol. The summed E-state index contributed by atoms with van der Waals surface area (Å²) < 4.78 is 6.02. The van der Waals surface area contributed by atoms with E-state index in [1.807, 2.05) is 43.3 Å². The lowest BCUT2D eigenvalue weighted by Gasteiger charge is -2.22. The van der Waals surface area contributed by atoms with Crippen molar-refractivity contribution in [3.63, 3.8) is 0 Å². The van der Waals surface area contributed by atoms with E-state index in [9.17, 15) is 9.90 Å². The minimum absolute atomic E-state index is 0.346. The van der Waals surface area contributed by atoms with E-state index in [-0.39, 0.29) is 5.97 Å². The maximum atomic E-state index is 12.8. The van der Waals surface area contributed by atoms with Crippen LogP contribution in [0, 0.1) is 12.8 Å². The van der Waals surface area contributed by atoms with E-state index in [0.29, 0.717) is 34.8 Å². The van der Waals surface area contributed by atoms with Crippen LogP contribution in [0.5, 0.6) is 11.5 Å². The van der Waals surface area contributed by atoms with Gasteiger partial charge in [0.05, 0.1) is 5.56 Å². The third-order valence-corrected chi connectivity index (χ3v) is 6.47. The van der Waals surface area contributed by atoms with E-state index < -0.39 is 0 Å². The summed E-state index contributed by atoms with van der Waals surface area (Å²) in [6.45, 7) is 4.27. The zero-order valence-corrected chi connectivity index (χ0v) is 15.5. The zero-order valence-electron chi connectivity index (χ0n) is 15.5. The minimum Gasteiger partial charge on any atom is -0.507 e. The fourth-order valence-corrected chi connectivity index (χ4v) is 5.15. The van der Waals surface area contributed by atoms with Crippen LogP contribution < -0.4 is 4.74 Å². The third-order valence-electron chi connectivity index (χ3n) is 6.47. The molecule has 1 fully saturated rings. The first-order chi connectivity index (χ1) is 13.1. The summed E-state index contributed by atoms with van der Waals surface area (Å²) in [5.74, 6) is 1.84. The minimum atomic E-state index is -0.346. The molecule has 2 bridgehead atoms. The highest BCUT2D eigenvalue weighted by Gasteiger charge is 2.47. The summed E-state index contributed by atoms with van der Waals surface area (Å²) in [5.41, 5.74) is 3.68. The second-order valence-electron chi connectivity index (χ2n) is 7.96. The molecule has 3 atom stereocenters. The first-order valence-electron chi connectivity index (χ1n) is 9.62. The van der Waals surface area contributed by atoms with Gasteiger partial charge in [-0.25, -0.2) is 4.79 Å². The summed E-state index contributed by atoms with van der Waals surface area (Å²) >= 11 is 0. The summed E-state index contributed by atoms with van der Waals surface area (Å²) in [6, 6.07) is 15.0. The molecule has 2 aliphatic rings. The number of hydrogen-bond donors (Lipinski definition) is 1. The van der Waals surface area contributed by atoms with Gasteiger partial charge in [0.2, 0.25) is 0 Å². The van der Waals surface area contributed by atoms with Crippen LogP contribution in [0.15, 0.2) is 48.5 Å². The fraction of sp³-hybridized carbons (Fsp3) is 0.292. The second-order valence-corrected chi connectivity index (χ2v) is 7.96. The van der Waals surface area contributed by atoms with Crippen molar-refractivity contribution in [2.45, 2.75) is 38.5 Å². The van der Waals surface area contributed by atoms with Crippen LogP contribution in [-0.4, -0.2) is 11.1 Å². The molecule has 136 valence electrons. The molecule has 0 aliphatic heterocycles. The normalized spacial score (nSPS) is 22.8. The maximum Gasteiger partial charge on any atom is 0.343 e. The average Bonchev–Trinajstić information content (AvgIpc) is 3.18. The highest BCUT2D eigenvalue weighted by atomic mass is 16.5. The predicted molar refractivity (Wildman–Crippen MR) is 106 cm³/mol. The van der Waals surface area contributed by atoms with Crippen molar-refractivity contribution in [3.8, 4) is 11.5 Å². The largest absolute Gasteiger partial charge is 0.507 e. The summed E-state index contributed by atoms with van der Waals surface area (Å²) in [4.78, 5) is 12.8. The number of esters is 1. The van der Waals surface area contributed by atoms with Gasteiger partial charge in [-0.1, -0.05) is 42.8 Å². The van der Waals surface area contributed by atoms with Gasteiger partial charge in [0.25, 0.3) is 0 Å². The Balaban J connectivity index is 1.75. The van der Waals surface area contributed by atoms with Crippen molar-refractivity contribution in [2.75, 3.05) is 0 Å². The van der Waals surface area contributed by atoms with E-state index in [1.165, 1.54) is 0 Å². The number of rotatable bonds is 2. The number of carbonyl (C=O) groups excluding carboxylic acids is 1. The first-order valence-corrected chi connectivity index (χ1v) is 9.62. The number of ether oxygens (including phenoxy) is 1. The lowest BCUT2D eigenvalue weighted by atomic mass is 9.87. The number of carbonyl (C=O) groups is 1. The van der Waals surface area contributed by atoms with Crippen LogP contribution in [0.25, 0.3) is 10.8 Å². The number of phenolic OH excluding ortho intramolecular Hbond substituents is 1. The number of benzene rings is 3. The SMILES string of the molecule is Cc1ccc2c(O)c3c(c(OC(=O)c4ccccc4)c2c1)C1CCC3C1C. The third kappa shape index (κ3) is 2.31. The van der Waals surface area contributed by atoms with Crippen LogP contribution in [0.2, 0.25) is 0 Å². The molecular weight excluding hydrogens is 336 g/mol. The van der Waals surface area contributed by atoms with Crippen LogP contribution >= 0.6 is 0 Å². The number of fused-ring (bicyclic) bond motifs is 6. The molecule has 0 heterocycles. The van der Waals surface area contributed by atoms with Gasteiger partial charge >= 0.3 is 5.97 Å². The van der Waals surface area contributed by atoms with Crippen molar-refractivity contribution in [2.24, 2.45) is 5.92 Å². The Morgan fingerprint density at radius 3 is 2.44 bits per heavy atom. The van der Waals surface area contributed by atoms with E-state index in [2.05, 4.69) is 6.92 Å². The van der Waals surface area contributed by atoms with Crippen molar-refractivity contribution < 1.29 is 14.6 Å². The molecule has 27 heavy (non-hydrogen) atoms. The van der Waals surface area contributed by atoms with Crippen molar-refractivity contribution in [1.82, 2.24) is 0 Å². The van der Waals surface area contributed by atoms with Crippen molar-refractivity contribution in [1.29, 1.82) is 0 Å². The van der Waals surface area contributed by atoms with Gasteiger partial charge in [0, 0.05) is 21.9 Å². The molecule has 0 radical (unpaired) electrons. The smallest absolute Gasteiger partial charge is 0.343 e. The molecule has 3 unspecified atom stereocenters. The van der Waals surface area contributed by atoms with Crippen molar-refractivity contribution >= 4 is 16.7 Å². The molecule has 5 rings (SSSR count). The van der Waals surface area contributed by atoms with Gasteiger partial charge in [-0.15, -0.1) is 0 Å². The Labute approximate surface area is 158 Å². The molecule has 3 heteroatoms. The van der Waals surface area contributed by atoms with Gasteiger partial charge in [-0.3, -0.25) is 0 Å². The molecule has 3 nitrogen and oxygen atoms in total. The lowest BCUT2D eigenvalue weighted by molar-refractivity contribution is 0.0734. The van der Waals surface area contributed by atoms with E-state index in [4.69, 9.17) is 4.74 Å². The van der Waals surface area contributed by atoms with E-state index in [1.54, 1.807) is 12.1 Å². The molecule has 0 spiro atoms. The van der Waals surface area contributed by atoms with Gasteiger partial charge < -0.3 is 9.84 Å². The molecule has 0 amide bonds. The number of aromatic hydroxyl groups is 1. The zero-order chi connectivity index (χ0) is 18.7. The summed E-state index contributed by atoms with van der Waals surface area (Å²) in [7, 11) is 0. The molecule has 3 aromatic rings. The Kier molecular flexibility index (Phi) is 3.55. The number of aryl methyl sites for hydroxylation is 1. The molecule has 1 saturated carbocycles. The van der Waals surface area contributed by atoms with Crippen LogP contribution in [0.4, 0.5) is 0 Å². The number of phenols is 1.